The van der Waals surface area contributed by atoms with Crippen LogP contribution >= 0.6 is 0 Å². The molecular formula is C23H17F2NO4. The first-order valence-electron chi connectivity index (χ1n) is 9.11. The number of hydrogen-bond acceptors (Lipinski definition) is 5. The van der Waals surface area contributed by atoms with Crippen molar-refractivity contribution in [1.82, 2.24) is 4.98 Å². The first kappa shape index (κ1) is 19.6. The van der Waals surface area contributed by atoms with E-state index in [0.717, 1.165) is 5.56 Å². The number of ether oxygens (including phenoxy) is 2. The fourth-order valence-corrected chi connectivity index (χ4v) is 3.36. The Morgan fingerprint density at radius 1 is 1.07 bits per heavy atom. The highest BCUT2D eigenvalue weighted by atomic mass is 19.3. The third-order valence-electron chi connectivity index (χ3n) is 4.74. The highest BCUT2D eigenvalue weighted by molar-refractivity contribution is 5.93. The lowest BCUT2D eigenvalue weighted by molar-refractivity contribution is -0.0494. The Kier molecular flexibility index (Phi) is 5.18. The van der Waals surface area contributed by atoms with Gasteiger partial charge in [-0.3, -0.25) is 0 Å². The number of carbonyl (C=O) groups is 1. The predicted molar refractivity (Wildman–Crippen MR) is 108 cm³/mol. The Balaban J connectivity index is 1.86. The third kappa shape index (κ3) is 3.61. The molecule has 0 atom stereocenters. The van der Waals surface area contributed by atoms with Crippen LogP contribution in [-0.4, -0.2) is 24.7 Å². The van der Waals surface area contributed by atoms with E-state index in [2.05, 4.69) is 4.98 Å². The molecular weight excluding hydrogens is 392 g/mol. The van der Waals surface area contributed by atoms with E-state index in [1.165, 1.54) is 13.2 Å². The van der Waals surface area contributed by atoms with Crippen LogP contribution in [0, 0.1) is 6.92 Å². The lowest BCUT2D eigenvalue weighted by Crippen LogP contribution is -2.04. The van der Waals surface area contributed by atoms with Crippen LogP contribution in [0.3, 0.4) is 0 Å². The number of fused-ring (bicyclic) bond motifs is 1. The minimum absolute atomic E-state index is 0.0709. The van der Waals surface area contributed by atoms with Gasteiger partial charge in [-0.2, -0.15) is 8.78 Å². The molecule has 0 saturated heterocycles. The second-order valence-electron chi connectivity index (χ2n) is 6.55. The van der Waals surface area contributed by atoms with E-state index in [1.54, 1.807) is 31.2 Å². The summed E-state index contributed by atoms with van der Waals surface area (Å²) < 4.78 is 41.2. The van der Waals surface area contributed by atoms with E-state index >= 15 is 0 Å². The van der Waals surface area contributed by atoms with Gasteiger partial charge in [0.1, 0.15) is 11.3 Å². The summed E-state index contributed by atoms with van der Waals surface area (Å²) in [5.41, 5.74) is 3.91. The van der Waals surface area contributed by atoms with Crippen LogP contribution in [0.1, 0.15) is 15.9 Å². The molecule has 5 nitrogen and oxygen atoms in total. The van der Waals surface area contributed by atoms with Gasteiger partial charge in [0.2, 0.25) is 5.89 Å². The zero-order valence-electron chi connectivity index (χ0n) is 16.2. The van der Waals surface area contributed by atoms with Crippen LogP contribution in [0.15, 0.2) is 65.1 Å². The molecule has 1 aromatic heterocycles. The Hall–Kier alpha value is -3.74. The Morgan fingerprint density at radius 3 is 2.53 bits per heavy atom. The van der Waals surface area contributed by atoms with E-state index in [1.807, 2.05) is 30.3 Å². The average molecular weight is 409 g/mol. The second kappa shape index (κ2) is 7.94. The standard InChI is InChI=1S/C23H17F2NO4/c1-13-16(21-26-17-12-15(22(27)28-2)8-10-18(17)29-21)9-11-19(30-23(24)25)20(13)14-6-4-3-5-7-14/h3-12,23H,1-2H3. The first-order valence-corrected chi connectivity index (χ1v) is 9.11. The number of oxazole rings is 1. The van der Waals surface area contributed by atoms with Crippen LogP contribution in [0.5, 0.6) is 5.75 Å². The summed E-state index contributed by atoms with van der Waals surface area (Å²) in [4.78, 5) is 16.2. The predicted octanol–water partition coefficient (Wildman–Crippen LogP) is 5.86. The van der Waals surface area contributed by atoms with Crippen molar-refractivity contribution in [1.29, 1.82) is 0 Å². The van der Waals surface area contributed by atoms with Crippen molar-refractivity contribution in [3.63, 3.8) is 0 Å². The van der Waals surface area contributed by atoms with Crippen molar-refractivity contribution < 1.29 is 27.5 Å². The molecule has 4 aromatic rings. The number of hydrogen-bond donors (Lipinski definition) is 0. The quantitative estimate of drug-likeness (QED) is 0.387. The molecule has 0 aliphatic heterocycles. The minimum atomic E-state index is -2.95. The Bertz CT molecular complexity index is 1220. The smallest absolute Gasteiger partial charge is 0.387 e. The van der Waals surface area contributed by atoms with Crippen molar-refractivity contribution >= 4 is 17.1 Å². The molecule has 152 valence electrons. The zero-order chi connectivity index (χ0) is 21.3. The molecule has 4 rings (SSSR count). The van der Waals surface area contributed by atoms with Gasteiger partial charge in [0, 0.05) is 11.1 Å². The van der Waals surface area contributed by atoms with Crippen LogP contribution in [-0.2, 0) is 4.74 Å². The molecule has 0 N–H and O–H groups in total. The number of alkyl halides is 2. The normalized spacial score (nSPS) is 11.1. The molecule has 7 heteroatoms. The van der Waals surface area contributed by atoms with Gasteiger partial charge in [0.15, 0.2) is 5.58 Å². The summed E-state index contributed by atoms with van der Waals surface area (Å²) in [7, 11) is 1.30. The second-order valence-corrected chi connectivity index (χ2v) is 6.55. The maximum absolute atomic E-state index is 13.0. The van der Waals surface area contributed by atoms with Gasteiger partial charge in [-0.1, -0.05) is 30.3 Å². The molecule has 0 bridgehead atoms. The van der Waals surface area contributed by atoms with Crippen LogP contribution in [0.4, 0.5) is 8.78 Å². The van der Waals surface area contributed by atoms with Crippen molar-refractivity contribution in [2.24, 2.45) is 0 Å². The highest BCUT2D eigenvalue weighted by Gasteiger charge is 2.20. The van der Waals surface area contributed by atoms with Gasteiger partial charge in [-0.05, 0) is 48.4 Å². The van der Waals surface area contributed by atoms with Gasteiger partial charge >= 0.3 is 12.6 Å². The highest BCUT2D eigenvalue weighted by Crippen LogP contribution is 2.39. The molecule has 0 amide bonds. The monoisotopic (exact) mass is 409 g/mol. The number of halogens is 2. The van der Waals surface area contributed by atoms with Gasteiger partial charge in [-0.15, -0.1) is 0 Å². The minimum Gasteiger partial charge on any atom is -0.465 e. The summed E-state index contributed by atoms with van der Waals surface area (Å²) in [6.07, 6.45) is 0. The number of methoxy groups -OCH3 is 1. The van der Waals surface area contributed by atoms with Crippen LogP contribution in [0.2, 0.25) is 0 Å². The maximum Gasteiger partial charge on any atom is 0.387 e. The molecule has 0 aliphatic rings. The van der Waals surface area contributed by atoms with E-state index in [-0.39, 0.29) is 5.75 Å². The molecule has 0 saturated carbocycles. The van der Waals surface area contributed by atoms with Crippen LogP contribution < -0.4 is 4.74 Å². The van der Waals surface area contributed by atoms with Crippen LogP contribution in [0.25, 0.3) is 33.7 Å². The zero-order valence-corrected chi connectivity index (χ0v) is 16.2. The number of benzene rings is 3. The van der Waals surface area contributed by atoms with E-state index < -0.39 is 12.6 Å². The third-order valence-corrected chi connectivity index (χ3v) is 4.74. The molecule has 30 heavy (non-hydrogen) atoms. The first-order chi connectivity index (χ1) is 14.5. The lowest BCUT2D eigenvalue weighted by Gasteiger charge is -2.15. The molecule has 0 fully saturated rings. The van der Waals surface area contributed by atoms with Crippen molar-refractivity contribution in [2.75, 3.05) is 7.11 Å². The topological polar surface area (TPSA) is 61.6 Å². The number of carbonyl (C=O) groups excluding carboxylic acids is 1. The number of aromatic nitrogens is 1. The largest absolute Gasteiger partial charge is 0.465 e. The lowest BCUT2D eigenvalue weighted by atomic mass is 9.95. The number of nitrogens with zero attached hydrogens (tertiary/aromatic N) is 1. The summed E-state index contributed by atoms with van der Waals surface area (Å²) in [6, 6.07) is 17.0. The maximum atomic E-state index is 13.0. The summed E-state index contributed by atoms with van der Waals surface area (Å²) in [5.74, 6) is -0.0932. The van der Waals surface area contributed by atoms with Crippen molar-refractivity contribution in [3.8, 4) is 28.3 Å². The number of esters is 1. The Labute approximate surface area is 170 Å². The fraction of sp³-hybridized carbons (Fsp3) is 0.130. The van der Waals surface area contributed by atoms with Crippen molar-refractivity contribution in [3.05, 3.63) is 71.8 Å². The molecule has 0 radical (unpaired) electrons. The van der Waals surface area contributed by atoms with E-state index in [9.17, 15) is 13.6 Å². The Morgan fingerprint density at radius 2 is 1.83 bits per heavy atom. The molecule has 1 heterocycles. The average Bonchev–Trinajstić information content (AvgIpc) is 3.16. The van der Waals surface area contributed by atoms with Crippen molar-refractivity contribution in [2.45, 2.75) is 13.5 Å². The fourth-order valence-electron chi connectivity index (χ4n) is 3.36. The van der Waals surface area contributed by atoms with Gasteiger partial charge in [-0.25, -0.2) is 9.78 Å². The summed E-state index contributed by atoms with van der Waals surface area (Å²) in [5, 5.41) is 0. The summed E-state index contributed by atoms with van der Waals surface area (Å²) >= 11 is 0. The van der Waals surface area contributed by atoms with Gasteiger partial charge in [0.05, 0.1) is 12.7 Å². The van der Waals surface area contributed by atoms with E-state index in [4.69, 9.17) is 13.9 Å². The molecule has 0 aliphatic carbocycles. The molecule has 0 unspecified atom stereocenters. The van der Waals surface area contributed by atoms with Gasteiger partial charge in [0.25, 0.3) is 0 Å². The summed E-state index contributed by atoms with van der Waals surface area (Å²) in [6.45, 7) is -1.15. The number of rotatable bonds is 5. The molecule has 0 spiro atoms. The van der Waals surface area contributed by atoms with Gasteiger partial charge < -0.3 is 13.9 Å². The molecule has 3 aromatic carbocycles. The SMILES string of the molecule is COC(=O)c1ccc2oc(-c3ccc(OC(F)F)c(-c4ccccc4)c3C)nc2c1. The van der Waals surface area contributed by atoms with E-state index in [0.29, 0.717) is 39.2 Å².